The minimum absolute atomic E-state index is 0.220. The third kappa shape index (κ3) is 5.03. The minimum atomic E-state index is -4.54. The maximum Gasteiger partial charge on any atom is 0.306 e. The van der Waals surface area contributed by atoms with Gasteiger partial charge in [-0.05, 0) is 0 Å². The van der Waals surface area contributed by atoms with Crippen LogP contribution in [0.1, 0.15) is 11.1 Å². The van der Waals surface area contributed by atoms with E-state index in [1.54, 1.807) is 4.90 Å². The number of hydrogen-bond donors (Lipinski definition) is 13. The number of aliphatic hydroxyl groups is 8. The maximum absolute atomic E-state index is 15.5. The Morgan fingerprint density at radius 3 is 2.09 bits per heavy atom. The summed E-state index contributed by atoms with van der Waals surface area (Å²) in [6.07, 6.45) is 0. The quantitative estimate of drug-likeness (QED) is 0.0443. The van der Waals surface area contributed by atoms with Crippen molar-refractivity contribution in [3.63, 3.8) is 0 Å². The van der Waals surface area contributed by atoms with Gasteiger partial charge in [0.2, 0.25) is 5.75 Å². The van der Waals surface area contributed by atoms with Crippen molar-refractivity contribution in [2.24, 2.45) is 0 Å². The van der Waals surface area contributed by atoms with Gasteiger partial charge in [-0.1, -0.05) is 6.58 Å². The van der Waals surface area contributed by atoms with Gasteiger partial charge in [-0.3, -0.25) is 29.5 Å². The molecule has 3 aliphatic heterocycles. The summed E-state index contributed by atoms with van der Waals surface area (Å²) in [6.45, 7) is 1.83. The number of morpholine rings is 1. The van der Waals surface area contributed by atoms with E-state index in [2.05, 4.69) is 11.9 Å². The Balaban J connectivity index is 1.75. The zero-order valence-corrected chi connectivity index (χ0v) is 23.0. The molecular weight excluding hydrogens is 615 g/mol. The SMILES string of the molecule is C=C(O)/C(O)=C1/C(=O)N(C2(O)C(=O)NC(=O)C(O)(O)C2(O)O)C/C1=C(/O)NCc1c(O)c(O)c(O)c(CN2CCOCC2)c1F. The van der Waals surface area contributed by atoms with Crippen LogP contribution in [0.25, 0.3) is 0 Å². The number of hydrogen-bond acceptors (Lipinski definition) is 17. The summed E-state index contributed by atoms with van der Waals surface area (Å²) in [7, 11) is 0. The molecule has 45 heavy (non-hydrogen) atoms. The lowest BCUT2D eigenvalue weighted by molar-refractivity contribution is -0.407. The highest BCUT2D eigenvalue weighted by atomic mass is 19.1. The number of phenols is 3. The average molecular weight is 645 g/mol. The molecule has 0 bridgehead atoms. The number of halogens is 1. The molecule has 1 atom stereocenters. The fraction of sp³-hybridized carbons (Fsp3) is 0.400. The van der Waals surface area contributed by atoms with Crippen LogP contribution in [0.3, 0.4) is 0 Å². The molecule has 0 saturated carbocycles. The standard InChI is InChI=1S/C25H29FN4O15/c1-9(31)15(32)13-11(8-30(20(13)37)23(40)21(38)28-22(39)24(41,42)25(23,43)44)19(36)27-6-10-14(26)12(17(34)18(35)16(10)33)7-29-2-4-45-5-3-29/h27,31-36,40-44H,1-8H2,(H,28,38,39)/b15-13-,19-11-. The van der Waals surface area contributed by atoms with Gasteiger partial charge in [0.25, 0.3) is 29.2 Å². The molecule has 0 radical (unpaired) electrons. The van der Waals surface area contributed by atoms with Crippen LogP contribution in [-0.2, 0) is 32.2 Å². The number of amides is 3. The van der Waals surface area contributed by atoms with Gasteiger partial charge in [0.05, 0.1) is 30.9 Å². The van der Waals surface area contributed by atoms with E-state index in [0.29, 0.717) is 26.3 Å². The number of imide groups is 1. The van der Waals surface area contributed by atoms with Crippen LogP contribution in [0, 0.1) is 5.82 Å². The highest BCUT2D eigenvalue weighted by Crippen LogP contribution is 2.44. The molecule has 19 nitrogen and oxygen atoms in total. The zero-order valence-electron chi connectivity index (χ0n) is 23.0. The number of rotatable bonds is 7. The lowest BCUT2D eigenvalue weighted by Gasteiger charge is -2.49. The largest absolute Gasteiger partial charge is 0.505 e. The molecule has 3 saturated heterocycles. The molecule has 1 aromatic carbocycles. The first-order valence-electron chi connectivity index (χ1n) is 12.8. The van der Waals surface area contributed by atoms with Crippen molar-refractivity contribution in [3.8, 4) is 17.2 Å². The smallest absolute Gasteiger partial charge is 0.306 e. The number of carbonyl (C=O) groups is 3. The van der Waals surface area contributed by atoms with E-state index in [4.69, 9.17) is 4.74 Å². The molecule has 3 heterocycles. The molecule has 3 fully saturated rings. The third-order valence-electron chi connectivity index (χ3n) is 7.56. The molecular formula is C25H29FN4O15. The molecule has 0 aliphatic carbocycles. The molecule has 1 unspecified atom stereocenters. The Morgan fingerprint density at radius 2 is 1.51 bits per heavy atom. The topological polar surface area (TPSA) is 314 Å². The van der Waals surface area contributed by atoms with E-state index in [1.165, 1.54) is 5.32 Å². The molecule has 246 valence electrons. The second kappa shape index (κ2) is 11.3. The molecule has 3 aliphatic rings. The van der Waals surface area contributed by atoms with Gasteiger partial charge in [-0.15, -0.1) is 0 Å². The number of phenolic OH excluding ortho intramolecular Hbond substituents is 3. The molecule has 4 rings (SSSR count). The first-order chi connectivity index (χ1) is 20.8. The Kier molecular flexibility index (Phi) is 8.37. The molecule has 3 amide bonds. The summed E-state index contributed by atoms with van der Waals surface area (Å²) in [5.74, 6) is -23.1. The predicted octanol–water partition coefficient (Wildman–Crippen LogP) is -3.93. The van der Waals surface area contributed by atoms with Crippen LogP contribution in [0.2, 0.25) is 0 Å². The molecule has 0 spiro atoms. The van der Waals surface area contributed by atoms with Crippen molar-refractivity contribution >= 4 is 17.7 Å². The maximum atomic E-state index is 15.5. The Bertz CT molecular complexity index is 1550. The summed E-state index contributed by atoms with van der Waals surface area (Å²) < 4.78 is 20.7. The van der Waals surface area contributed by atoms with Crippen molar-refractivity contribution < 1.29 is 79.7 Å². The zero-order chi connectivity index (χ0) is 33.8. The lowest BCUT2D eigenvalue weighted by atomic mass is 9.87. The average Bonchev–Trinajstić information content (AvgIpc) is 3.33. The first kappa shape index (κ1) is 33.2. The summed E-state index contributed by atoms with van der Waals surface area (Å²) >= 11 is 0. The number of aromatic hydroxyl groups is 3. The molecule has 13 N–H and O–H groups in total. The number of nitrogens with zero attached hydrogens (tertiary/aromatic N) is 2. The summed E-state index contributed by atoms with van der Waals surface area (Å²) in [6, 6.07) is 0. The van der Waals surface area contributed by atoms with Crippen molar-refractivity contribution in [2.45, 2.75) is 30.4 Å². The number of nitrogens with one attached hydrogen (secondary N) is 2. The Hall–Kier alpha value is -4.70. The van der Waals surface area contributed by atoms with E-state index in [1.807, 2.05) is 0 Å². The first-order valence-corrected chi connectivity index (χ1v) is 12.8. The van der Waals surface area contributed by atoms with Crippen molar-refractivity contribution in [1.29, 1.82) is 0 Å². The monoisotopic (exact) mass is 644 g/mol. The van der Waals surface area contributed by atoms with Gasteiger partial charge in [0, 0.05) is 37.3 Å². The van der Waals surface area contributed by atoms with Gasteiger partial charge >= 0.3 is 5.79 Å². The van der Waals surface area contributed by atoms with E-state index >= 15 is 4.39 Å². The van der Waals surface area contributed by atoms with Crippen LogP contribution < -0.4 is 10.6 Å². The minimum Gasteiger partial charge on any atom is -0.505 e. The van der Waals surface area contributed by atoms with Crippen molar-refractivity contribution in [1.82, 2.24) is 20.4 Å². The fourth-order valence-electron chi connectivity index (χ4n) is 4.92. The van der Waals surface area contributed by atoms with Crippen LogP contribution in [-0.4, -0.2) is 134 Å². The van der Waals surface area contributed by atoms with E-state index in [9.17, 15) is 70.6 Å². The summed E-state index contributed by atoms with van der Waals surface area (Å²) in [5.41, 5.74) is -7.30. The molecule has 1 aromatic rings. The van der Waals surface area contributed by atoms with Crippen LogP contribution in [0.4, 0.5) is 4.39 Å². The highest BCUT2D eigenvalue weighted by Gasteiger charge is 2.76. The van der Waals surface area contributed by atoms with Gasteiger partial charge in [0.15, 0.2) is 28.9 Å². The Morgan fingerprint density at radius 1 is 0.933 bits per heavy atom. The number of piperidine rings is 1. The van der Waals surface area contributed by atoms with E-state index < -0.39 is 111 Å². The van der Waals surface area contributed by atoms with Crippen molar-refractivity contribution in [3.05, 3.63) is 52.1 Å². The summed E-state index contributed by atoms with van der Waals surface area (Å²) in [5, 5.41) is 117. The highest BCUT2D eigenvalue weighted by molar-refractivity contribution is 6.11. The molecule has 0 aromatic heterocycles. The van der Waals surface area contributed by atoms with Gasteiger partial charge in [-0.25, -0.2) is 4.39 Å². The second-order valence-corrected chi connectivity index (χ2v) is 10.2. The number of aliphatic hydroxyl groups excluding tert-OH is 3. The lowest BCUT2D eigenvalue weighted by Crippen LogP contribution is -2.85. The number of benzene rings is 1. The second-order valence-electron chi connectivity index (χ2n) is 10.2. The predicted molar refractivity (Wildman–Crippen MR) is 140 cm³/mol. The third-order valence-corrected chi connectivity index (χ3v) is 7.56. The normalized spacial score (nSPS) is 25.6. The van der Waals surface area contributed by atoms with Gasteiger partial charge in [-0.2, -0.15) is 0 Å². The Labute approximate surface area is 250 Å². The van der Waals surface area contributed by atoms with Crippen LogP contribution >= 0.6 is 0 Å². The number of likely N-dealkylation sites (tertiary alicyclic amines) is 1. The fourth-order valence-corrected chi connectivity index (χ4v) is 4.92. The number of ether oxygens (including phenoxy) is 1. The number of carbonyl (C=O) groups excluding carboxylic acids is 3. The van der Waals surface area contributed by atoms with E-state index in [-0.39, 0.29) is 11.4 Å². The van der Waals surface area contributed by atoms with Crippen molar-refractivity contribution in [2.75, 3.05) is 32.8 Å². The van der Waals surface area contributed by atoms with Gasteiger partial charge < -0.3 is 66.2 Å². The van der Waals surface area contributed by atoms with E-state index in [0.717, 1.165) is 0 Å². The van der Waals surface area contributed by atoms with Gasteiger partial charge in [0.1, 0.15) is 5.82 Å². The summed E-state index contributed by atoms with van der Waals surface area (Å²) in [4.78, 5) is 39.1. The molecule has 20 heteroatoms. The van der Waals surface area contributed by atoms with Crippen LogP contribution in [0.5, 0.6) is 17.2 Å². The van der Waals surface area contributed by atoms with Crippen LogP contribution in [0.15, 0.2) is 35.1 Å².